The van der Waals surface area contributed by atoms with Gasteiger partial charge in [-0.3, -0.25) is 10.1 Å². The highest BCUT2D eigenvalue weighted by molar-refractivity contribution is 9.10. The van der Waals surface area contributed by atoms with Crippen LogP contribution in [0.1, 0.15) is 5.56 Å². The molecule has 0 radical (unpaired) electrons. The molecule has 14 heavy (non-hydrogen) atoms. The molecular weight excluding hydrogens is 275 g/mol. The lowest BCUT2D eigenvalue weighted by atomic mass is 10.2. The second-order valence-electron chi connectivity index (χ2n) is 2.31. The van der Waals surface area contributed by atoms with Gasteiger partial charge < -0.3 is 5.21 Å². The van der Waals surface area contributed by atoms with Crippen molar-refractivity contribution in [3.05, 3.63) is 38.3 Å². The number of oxime groups is 1. The number of nitrogens with zero attached hydrogens (tertiary/aromatic N) is 2. The van der Waals surface area contributed by atoms with E-state index >= 15 is 0 Å². The average Bonchev–Trinajstić information content (AvgIpc) is 2.16. The van der Waals surface area contributed by atoms with Crippen LogP contribution in [0.2, 0.25) is 0 Å². The van der Waals surface area contributed by atoms with E-state index < -0.39 is 4.92 Å². The first-order valence-corrected chi connectivity index (χ1v) is 4.55. The molecule has 0 unspecified atom stereocenters. The van der Waals surface area contributed by atoms with E-state index in [1.165, 1.54) is 18.2 Å². The minimum absolute atomic E-state index is 0.0666. The van der Waals surface area contributed by atoms with Gasteiger partial charge in [0.2, 0.25) is 0 Å². The second-order valence-corrected chi connectivity index (χ2v) is 3.52. The molecule has 0 fully saturated rings. The van der Waals surface area contributed by atoms with Crippen molar-refractivity contribution < 1.29 is 10.1 Å². The zero-order chi connectivity index (χ0) is 10.7. The van der Waals surface area contributed by atoms with Crippen LogP contribution in [0.15, 0.2) is 27.8 Å². The van der Waals surface area contributed by atoms with Gasteiger partial charge in [-0.1, -0.05) is 16.8 Å². The normalized spacial score (nSPS) is 11.4. The molecule has 1 aromatic carbocycles. The van der Waals surface area contributed by atoms with Gasteiger partial charge in [0, 0.05) is 22.2 Å². The fraction of sp³-hybridized carbons (Fsp3) is 0. The van der Waals surface area contributed by atoms with Crippen LogP contribution in [0.25, 0.3) is 0 Å². The minimum Gasteiger partial charge on any atom is -0.410 e. The van der Waals surface area contributed by atoms with E-state index in [4.69, 9.17) is 16.8 Å². The van der Waals surface area contributed by atoms with Crippen LogP contribution < -0.4 is 0 Å². The lowest BCUT2D eigenvalue weighted by Gasteiger charge is -1.99. The van der Waals surface area contributed by atoms with E-state index in [1.807, 2.05) is 0 Å². The lowest BCUT2D eigenvalue weighted by molar-refractivity contribution is -0.384. The second kappa shape index (κ2) is 4.39. The van der Waals surface area contributed by atoms with Crippen molar-refractivity contribution in [3.8, 4) is 0 Å². The molecule has 0 aromatic heterocycles. The van der Waals surface area contributed by atoms with Gasteiger partial charge in [0.15, 0.2) is 5.17 Å². The molecule has 0 heterocycles. The molecule has 0 aliphatic heterocycles. The van der Waals surface area contributed by atoms with Crippen molar-refractivity contribution in [3.63, 3.8) is 0 Å². The lowest BCUT2D eigenvalue weighted by Crippen LogP contribution is -1.95. The zero-order valence-electron chi connectivity index (χ0n) is 6.65. The number of hydrogen-bond acceptors (Lipinski definition) is 4. The molecule has 0 saturated heterocycles. The van der Waals surface area contributed by atoms with Crippen molar-refractivity contribution in [2.45, 2.75) is 0 Å². The van der Waals surface area contributed by atoms with Crippen LogP contribution >= 0.6 is 27.5 Å². The number of halogens is 2. The van der Waals surface area contributed by atoms with E-state index in [0.29, 0.717) is 10.0 Å². The third kappa shape index (κ3) is 2.21. The van der Waals surface area contributed by atoms with Gasteiger partial charge in [-0.05, 0) is 22.0 Å². The Hall–Kier alpha value is -1.14. The van der Waals surface area contributed by atoms with Crippen molar-refractivity contribution >= 4 is 38.4 Å². The number of nitro groups is 1. The number of non-ortho nitro benzene ring substituents is 1. The average molecular weight is 279 g/mol. The van der Waals surface area contributed by atoms with E-state index in [9.17, 15) is 10.1 Å². The predicted octanol–water partition coefficient (Wildman–Crippen LogP) is 2.73. The summed E-state index contributed by atoms with van der Waals surface area (Å²) in [5.41, 5.74) is 0.322. The number of benzene rings is 1. The van der Waals surface area contributed by atoms with Gasteiger partial charge >= 0.3 is 0 Å². The molecule has 1 rings (SSSR count). The molecule has 7 heteroatoms. The molecule has 0 saturated carbocycles. The fourth-order valence-corrected chi connectivity index (χ4v) is 1.67. The first kappa shape index (κ1) is 10.9. The van der Waals surface area contributed by atoms with Gasteiger partial charge in [0.1, 0.15) is 0 Å². The molecular formula is C7H4BrClN2O3. The van der Waals surface area contributed by atoms with Crippen molar-refractivity contribution in [2.75, 3.05) is 0 Å². The Kier molecular flexibility index (Phi) is 3.43. The highest BCUT2D eigenvalue weighted by atomic mass is 79.9. The predicted molar refractivity (Wildman–Crippen MR) is 55.0 cm³/mol. The fourth-order valence-electron chi connectivity index (χ4n) is 0.839. The van der Waals surface area contributed by atoms with E-state index in [-0.39, 0.29) is 10.9 Å². The molecule has 0 bridgehead atoms. The third-order valence-corrected chi connectivity index (χ3v) is 2.41. The topological polar surface area (TPSA) is 75.7 Å². The summed E-state index contributed by atoms with van der Waals surface area (Å²) in [5, 5.41) is 21.4. The van der Waals surface area contributed by atoms with Crippen LogP contribution in [-0.2, 0) is 0 Å². The van der Waals surface area contributed by atoms with E-state index in [1.54, 1.807) is 0 Å². The van der Waals surface area contributed by atoms with Crippen LogP contribution in [0.5, 0.6) is 0 Å². The zero-order valence-corrected chi connectivity index (χ0v) is 8.99. The highest BCUT2D eigenvalue weighted by Crippen LogP contribution is 2.24. The van der Waals surface area contributed by atoms with Crippen LogP contribution in [0.4, 0.5) is 5.69 Å². The maximum Gasteiger partial charge on any atom is 0.270 e. The molecule has 0 amide bonds. The van der Waals surface area contributed by atoms with Gasteiger partial charge in [-0.25, -0.2) is 0 Å². The molecule has 0 aliphatic carbocycles. The SMILES string of the molecule is O=[N+]([O-])c1ccc(C(Cl)=NO)c(Br)c1. The summed E-state index contributed by atoms with van der Waals surface area (Å²) in [4.78, 5) is 9.85. The van der Waals surface area contributed by atoms with Gasteiger partial charge in [0.25, 0.3) is 5.69 Å². The Balaban J connectivity index is 3.20. The molecule has 74 valence electrons. The van der Waals surface area contributed by atoms with Gasteiger partial charge in [-0.2, -0.15) is 0 Å². The summed E-state index contributed by atoms with van der Waals surface area (Å²) < 4.78 is 0.398. The highest BCUT2D eigenvalue weighted by Gasteiger charge is 2.11. The Morgan fingerprint density at radius 3 is 2.71 bits per heavy atom. The van der Waals surface area contributed by atoms with Crippen molar-refractivity contribution in [2.24, 2.45) is 5.16 Å². The monoisotopic (exact) mass is 278 g/mol. The summed E-state index contributed by atoms with van der Waals surface area (Å²) in [6, 6.07) is 3.95. The minimum atomic E-state index is -0.529. The van der Waals surface area contributed by atoms with Crippen LogP contribution in [0.3, 0.4) is 0 Å². The molecule has 0 atom stereocenters. The third-order valence-electron chi connectivity index (χ3n) is 1.47. The smallest absolute Gasteiger partial charge is 0.270 e. The Morgan fingerprint density at radius 1 is 1.64 bits per heavy atom. The number of nitro benzene ring substituents is 1. The Labute approximate surface area is 92.3 Å². The van der Waals surface area contributed by atoms with Gasteiger partial charge in [-0.15, -0.1) is 0 Å². The molecule has 5 nitrogen and oxygen atoms in total. The quantitative estimate of drug-likeness (QED) is 0.391. The van der Waals surface area contributed by atoms with E-state index in [2.05, 4.69) is 21.1 Å². The molecule has 0 aliphatic rings. The standard InChI is InChI=1S/C7H4BrClN2O3/c8-6-3-4(11(13)14)1-2-5(6)7(9)10-12/h1-3,12H. The summed E-state index contributed by atoms with van der Waals surface area (Å²) in [6.07, 6.45) is 0. The van der Waals surface area contributed by atoms with Crippen molar-refractivity contribution in [1.29, 1.82) is 0 Å². The molecule has 0 spiro atoms. The Bertz CT molecular complexity index is 408. The maximum absolute atomic E-state index is 10.4. The number of rotatable bonds is 2. The maximum atomic E-state index is 10.4. The number of hydrogen-bond donors (Lipinski definition) is 1. The van der Waals surface area contributed by atoms with Crippen LogP contribution in [0, 0.1) is 10.1 Å². The summed E-state index contributed by atoms with van der Waals surface area (Å²) in [5.74, 6) is 0. The van der Waals surface area contributed by atoms with Gasteiger partial charge in [0.05, 0.1) is 4.92 Å². The van der Waals surface area contributed by atoms with Crippen molar-refractivity contribution in [1.82, 2.24) is 0 Å². The first-order valence-electron chi connectivity index (χ1n) is 3.38. The summed E-state index contributed by atoms with van der Waals surface area (Å²) in [7, 11) is 0. The van der Waals surface area contributed by atoms with Crippen LogP contribution in [-0.4, -0.2) is 15.3 Å². The van der Waals surface area contributed by atoms with E-state index in [0.717, 1.165) is 0 Å². The molecule has 1 N–H and O–H groups in total. The molecule has 1 aromatic rings. The first-order chi connectivity index (χ1) is 6.56. The Morgan fingerprint density at radius 2 is 2.29 bits per heavy atom. The largest absolute Gasteiger partial charge is 0.410 e. The summed E-state index contributed by atoms with van der Waals surface area (Å²) in [6.45, 7) is 0. The summed E-state index contributed by atoms with van der Waals surface area (Å²) >= 11 is 8.60.